The molecular weight excluding hydrogens is 434 g/mol. The molecule has 35 heavy (non-hydrogen) atoms. The standard InChI is InChI=1S/C30H25N3O2/c34-28(32-26(21-11-5-2-6-12-21)15-20-9-3-1-4-10-20)27-16-22-17-30(18-23(22)19-31-27)24-13-7-8-14-25(24)33-29(30)35/h1-14,16,19,26H,15,17-18H2,(H,32,34)(H,33,35). The number of aromatic nitrogens is 1. The normalized spacial score (nSPS) is 18.6. The van der Waals surface area contributed by atoms with Gasteiger partial charge in [-0.25, -0.2) is 0 Å². The Bertz CT molecular complexity index is 1420. The average molecular weight is 460 g/mol. The summed E-state index contributed by atoms with van der Waals surface area (Å²) in [5.41, 5.74) is 5.90. The largest absolute Gasteiger partial charge is 0.344 e. The van der Waals surface area contributed by atoms with Crippen molar-refractivity contribution in [3.63, 3.8) is 0 Å². The van der Waals surface area contributed by atoms with E-state index in [1.807, 2.05) is 78.9 Å². The first-order valence-electron chi connectivity index (χ1n) is 11.9. The number of anilines is 1. The van der Waals surface area contributed by atoms with E-state index in [9.17, 15) is 9.59 Å². The molecule has 1 aromatic heterocycles. The summed E-state index contributed by atoms with van der Waals surface area (Å²) in [6.45, 7) is 0. The maximum Gasteiger partial charge on any atom is 0.270 e. The van der Waals surface area contributed by atoms with Crippen LogP contribution in [0.25, 0.3) is 0 Å². The zero-order valence-electron chi connectivity index (χ0n) is 19.2. The maximum atomic E-state index is 13.3. The summed E-state index contributed by atoms with van der Waals surface area (Å²) in [5.74, 6) is -0.192. The van der Waals surface area contributed by atoms with Crippen LogP contribution in [0.1, 0.15) is 44.3 Å². The summed E-state index contributed by atoms with van der Waals surface area (Å²) in [6.07, 6.45) is 3.62. The number of rotatable bonds is 5. The Morgan fingerprint density at radius 3 is 2.40 bits per heavy atom. The molecule has 5 nitrogen and oxygen atoms in total. The van der Waals surface area contributed by atoms with Gasteiger partial charge in [-0.3, -0.25) is 14.6 Å². The monoisotopic (exact) mass is 459 g/mol. The molecule has 3 aromatic carbocycles. The molecule has 2 unspecified atom stereocenters. The van der Waals surface area contributed by atoms with Gasteiger partial charge in [0, 0.05) is 11.9 Å². The second-order valence-electron chi connectivity index (χ2n) is 9.40. The maximum absolute atomic E-state index is 13.3. The molecule has 1 aliphatic carbocycles. The van der Waals surface area contributed by atoms with Crippen molar-refractivity contribution in [2.24, 2.45) is 0 Å². The van der Waals surface area contributed by atoms with Gasteiger partial charge in [-0.1, -0.05) is 78.9 Å². The third-order valence-electron chi connectivity index (χ3n) is 7.22. The van der Waals surface area contributed by atoms with Gasteiger partial charge in [-0.2, -0.15) is 0 Å². The number of hydrogen-bond donors (Lipinski definition) is 2. The number of para-hydroxylation sites is 1. The Morgan fingerprint density at radius 2 is 1.60 bits per heavy atom. The highest BCUT2D eigenvalue weighted by atomic mass is 16.2. The van der Waals surface area contributed by atoms with Gasteiger partial charge in [0.25, 0.3) is 5.91 Å². The highest BCUT2D eigenvalue weighted by molar-refractivity contribution is 6.07. The van der Waals surface area contributed by atoms with Crippen molar-refractivity contribution in [1.29, 1.82) is 0 Å². The summed E-state index contributed by atoms with van der Waals surface area (Å²) in [6, 6.07) is 29.7. The minimum Gasteiger partial charge on any atom is -0.344 e. The Labute approximate surface area is 204 Å². The molecule has 0 saturated carbocycles. The SMILES string of the molecule is O=C(NC(Cc1ccccc1)c1ccccc1)c1cc2c(cn1)CC1(C2)C(=O)Nc2ccccc21. The van der Waals surface area contributed by atoms with Crippen LogP contribution in [0.2, 0.25) is 0 Å². The first-order valence-corrected chi connectivity index (χ1v) is 11.9. The zero-order valence-corrected chi connectivity index (χ0v) is 19.2. The summed E-state index contributed by atoms with van der Waals surface area (Å²) in [7, 11) is 0. The third-order valence-corrected chi connectivity index (χ3v) is 7.22. The predicted molar refractivity (Wildman–Crippen MR) is 135 cm³/mol. The molecule has 2 heterocycles. The van der Waals surface area contributed by atoms with Crippen LogP contribution in [0.4, 0.5) is 5.69 Å². The van der Waals surface area contributed by atoms with Crippen molar-refractivity contribution in [3.05, 3.63) is 131 Å². The fourth-order valence-electron chi connectivity index (χ4n) is 5.43. The van der Waals surface area contributed by atoms with Gasteiger partial charge in [-0.05, 0) is 59.2 Å². The van der Waals surface area contributed by atoms with E-state index in [0.717, 1.165) is 33.5 Å². The summed E-state index contributed by atoms with van der Waals surface area (Å²) in [4.78, 5) is 30.8. The van der Waals surface area contributed by atoms with E-state index in [2.05, 4.69) is 27.8 Å². The van der Waals surface area contributed by atoms with Gasteiger partial charge >= 0.3 is 0 Å². The summed E-state index contributed by atoms with van der Waals surface area (Å²) >= 11 is 0. The Balaban J connectivity index is 1.26. The fourth-order valence-corrected chi connectivity index (χ4v) is 5.43. The van der Waals surface area contributed by atoms with Crippen LogP contribution in [-0.2, 0) is 29.5 Å². The molecule has 172 valence electrons. The third kappa shape index (κ3) is 3.79. The fraction of sp³-hybridized carbons (Fsp3) is 0.167. The van der Waals surface area contributed by atoms with Crippen molar-refractivity contribution in [2.45, 2.75) is 30.7 Å². The number of carbonyl (C=O) groups is 2. The van der Waals surface area contributed by atoms with Gasteiger partial charge in [0.1, 0.15) is 5.69 Å². The molecule has 1 spiro atoms. The van der Waals surface area contributed by atoms with Crippen LogP contribution < -0.4 is 10.6 Å². The minimum atomic E-state index is -0.615. The first kappa shape index (κ1) is 21.3. The molecule has 2 atom stereocenters. The van der Waals surface area contributed by atoms with Crippen molar-refractivity contribution in [1.82, 2.24) is 10.3 Å². The number of nitrogens with zero attached hydrogens (tertiary/aromatic N) is 1. The number of nitrogens with one attached hydrogen (secondary N) is 2. The van der Waals surface area contributed by atoms with Gasteiger partial charge in [0.15, 0.2) is 0 Å². The second kappa shape index (κ2) is 8.51. The molecule has 2 aliphatic rings. The number of benzene rings is 3. The molecular formula is C30H25N3O2. The van der Waals surface area contributed by atoms with Crippen LogP contribution in [0, 0.1) is 0 Å². The van der Waals surface area contributed by atoms with Gasteiger partial charge in [0.05, 0.1) is 11.5 Å². The Morgan fingerprint density at radius 1 is 0.914 bits per heavy atom. The molecule has 0 saturated heterocycles. The summed E-state index contributed by atoms with van der Waals surface area (Å²) in [5, 5.41) is 6.23. The van der Waals surface area contributed by atoms with E-state index in [0.29, 0.717) is 25.0 Å². The van der Waals surface area contributed by atoms with E-state index in [1.165, 1.54) is 0 Å². The molecule has 2 N–H and O–H groups in total. The number of amides is 2. The van der Waals surface area contributed by atoms with E-state index in [-0.39, 0.29) is 17.9 Å². The number of hydrogen-bond acceptors (Lipinski definition) is 3. The van der Waals surface area contributed by atoms with Crippen LogP contribution in [0.15, 0.2) is 97.2 Å². The van der Waals surface area contributed by atoms with E-state index in [1.54, 1.807) is 6.20 Å². The number of carbonyl (C=O) groups excluding carboxylic acids is 2. The minimum absolute atomic E-state index is 0.0212. The lowest BCUT2D eigenvalue weighted by Gasteiger charge is -2.20. The van der Waals surface area contributed by atoms with E-state index in [4.69, 9.17) is 0 Å². The van der Waals surface area contributed by atoms with Gasteiger partial charge < -0.3 is 10.6 Å². The average Bonchev–Trinajstić information content (AvgIpc) is 3.41. The predicted octanol–water partition coefficient (Wildman–Crippen LogP) is 4.78. The zero-order chi connectivity index (χ0) is 23.8. The van der Waals surface area contributed by atoms with Crippen LogP contribution in [0.3, 0.4) is 0 Å². The molecule has 1 aliphatic heterocycles. The molecule has 0 radical (unpaired) electrons. The quantitative estimate of drug-likeness (QED) is 0.451. The van der Waals surface area contributed by atoms with E-state index < -0.39 is 5.41 Å². The molecule has 5 heteroatoms. The lowest BCUT2D eigenvalue weighted by Crippen LogP contribution is -2.35. The second-order valence-corrected chi connectivity index (χ2v) is 9.40. The van der Waals surface area contributed by atoms with Crippen molar-refractivity contribution < 1.29 is 9.59 Å². The van der Waals surface area contributed by atoms with Crippen molar-refractivity contribution >= 4 is 17.5 Å². The van der Waals surface area contributed by atoms with Crippen LogP contribution in [0.5, 0.6) is 0 Å². The molecule has 6 rings (SSSR count). The summed E-state index contributed by atoms with van der Waals surface area (Å²) < 4.78 is 0. The Hall–Kier alpha value is -4.25. The van der Waals surface area contributed by atoms with Crippen molar-refractivity contribution in [2.75, 3.05) is 5.32 Å². The highest BCUT2D eigenvalue weighted by Gasteiger charge is 2.50. The van der Waals surface area contributed by atoms with Crippen LogP contribution in [-0.4, -0.2) is 16.8 Å². The lowest BCUT2D eigenvalue weighted by atomic mass is 9.79. The van der Waals surface area contributed by atoms with Gasteiger partial charge in [-0.15, -0.1) is 0 Å². The molecule has 0 bridgehead atoms. The molecule has 0 fully saturated rings. The molecule has 2 amide bonds. The smallest absolute Gasteiger partial charge is 0.270 e. The number of fused-ring (bicyclic) bond motifs is 3. The van der Waals surface area contributed by atoms with E-state index >= 15 is 0 Å². The lowest BCUT2D eigenvalue weighted by molar-refractivity contribution is -0.120. The number of pyridine rings is 1. The van der Waals surface area contributed by atoms with Crippen LogP contribution >= 0.6 is 0 Å². The molecule has 4 aromatic rings. The van der Waals surface area contributed by atoms with Crippen molar-refractivity contribution in [3.8, 4) is 0 Å². The van der Waals surface area contributed by atoms with Gasteiger partial charge in [0.2, 0.25) is 5.91 Å². The first-order chi connectivity index (χ1) is 17.1. The topological polar surface area (TPSA) is 71.1 Å². The Kier molecular flexibility index (Phi) is 5.18. The highest BCUT2D eigenvalue weighted by Crippen LogP contribution is 2.47.